The predicted molar refractivity (Wildman–Crippen MR) is 232 cm³/mol. The molecule has 0 fully saturated rings. The van der Waals surface area contributed by atoms with E-state index >= 15 is 0 Å². The minimum atomic E-state index is 1.12. The number of hydrogen-bond donors (Lipinski definition) is 1. The van der Waals surface area contributed by atoms with Crippen LogP contribution in [0.2, 0.25) is 0 Å². The number of nitrogens with one attached hydrogen (secondary N) is 1. The largest absolute Gasteiger partial charge is 0.354 e. The monoisotopic (exact) mass is 696 g/mol. The lowest BCUT2D eigenvalue weighted by Crippen LogP contribution is -2.10. The van der Waals surface area contributed by atoms with Gasteiger partial charge in [-0.1, -0.05) is 141 Å². The molecule has 0 atom stereocenters. The van der Waals surface area contributed by atoms with Crippen molar-refractivity contribution in [1.29, 1.82) is 0 Å². The van der Waals surface area contributed by atoms with Crippen LogP contribution in [0.1, 0.15) is 0 Å². The van der Waals surface area contributed by atoms with Gasteiger partial charge in [-0.05, 0) is 88.3 Å². The van der Waals surface area contributed by atoms with Gasteiger partial charge in [-0.3, -0.25) is 0 Å². The smallest absolute Gasteiger partial charge is 0.0470 e. The molecule has 8 aromatic carbocycles. The number of anilines is 5. The third kappa shape index (κ3) is 5.87. The second kappa shape index (κ2) is 13.8. The van der Waals surface area contributed by atoms with Crippen molar-refractivity contribution < 1.29 is 0 Å². The molecule has 9 aromatic rings. The average molecular weight is 697 g/mol. The van der Waals surface area contributed by atoms with Gasteiger partial charge in [0.15, 0.2) is 0 Å². The first-order chi connectivity index (χ1) is 26.2. The minimum absolute atomic E-state index is 1.12. The van der Waals surface area contributed by atoms with Crippen LogP contribution >= 0.6 is 11.3 Å². The molecule has 53 heavy (non-hydrogen) atoms. The molecule has 252 valence electrons. The summed E-state index contributed by atoms with van der Waals surface area (Å²) < 4.78 is 2.63. The van der Waals surface area contributed by atoms with Crippen LogP contribution in [-0.4, -0.2) is 0 Å². The van der Waals surface area contributed by atoms with E-state index in [1.54, 1.807) is 12.2 Å². The Bertz CT molecular complexity index is 2790. The van der Waals surface area contributed by atoms with Crippen molar-refractivity contribution in [2.75, 3.05) is 10.2 Å². The maximum atomic E-state index is 3.69. The SMILES string of the molecule is C=CC=C.c1ccc(-c2cccc(N(c3ccccc3)c3cccc(-c4ccc5c(c4)sc4cc6cccc7c6c(c45)-c4ccccc4N7)c3)c2)cc1. The number of hydrogen-bond acceptors (Lipinski definition) is 3. The molecule has 0 saturated heterocycles. The number of fused-ring (bicyclic) bond motifs is 6. The van der Waals surface area contributed by atoms with Crippen LogP contribution in [0.15, 0.2) is 201 Å². The fraction of sp³-hybridized carbons (Fsp3) is 0. The second-order valence-corrected chi connectivity index (χ2v) is 14.2. The summed E-state index contributed by atoms with van der Waals surface area (Å²) >= 11 is 1.89. The van der Waals surface area contributed by atoms with Gasteiger partial charge in [0.1, 0.15) is 0 Å². The minimum Gasteiger partial charge on any atom is -0.354 e. The van der Waals surface area contributed by atoms with Gasteiger partial charge < -0.3 is 10.2 Å². The van der Waals surface area contributed by atoms with E-state index in [0.717, 1.165) is 17.1 Å². The van der Waals surface area contributed by atoms with Crippen molar-refractivity contribution in [2.24, 2.45) is 0 Å². The summed E-state index contributed by atoms with van der Waals surface area (Å²) in [6, 6.07) is 63.7. The van der Waals surface area contributed by atoms with Crippen LogP contribution < -0.4 is 10.2 Å². The third-order valence-corrected chi connectivity index (χ3v) is 11.0. The van der Waals surface area contributed by atoms with E-state index in [0.29, 0.717) is 0 Å². The summed E-state index contributed by atoms with van der Waals surface area (Å²) in [7, 11) is 0. The Kier molecular flexibility index (Phi) is 8.39. The van der Waals surface area contributed by atoms with Crippen LogP contribution in [0.3, 0.4) is 0 Å². The standard InChI is InChI=1S/C46H30N2S.C4H6/c1-3-12-30(13-4-1)31-14-9-19-36(26-31)48(35-17-5-2-6-18-35)37-20-10-15-32(27-37)33-24-25-39-42(28-33)49-43-29-34-16-11-23-41-44(34)46(45(39)43)38-21-7-8-22-40(38)47-41;1-3-4-2/h1-29,47H;3-4H,1-2H2. The molecule has 0 radical (unpaired) electrons. The lowest BCUT2D eigenvalue weighted by molar-refractivity contribution is 1.28. The number of para-hydroxylation sites is 2. The molecular formula is C50H36N2S. The molecule has 2 heterocycles. The summed E-state index contributed by atoms with van der Waals surface area (Å²) in [5, 5.41) is 8.94. The summed E-state index contributed by atoms with van der Waals surface area (Å²) in [6.45, 7) is 6.72. The van der Waals surface area contributed by atoms with Crippen molar-refractivity contribution in [3.63, 3.8) is 0 Å². The fourth-order valence-corrected chi connectivity index (χ4v) is 8.73. The van der Waals surface area contributed by atoms with Gasteiger partial charge >= 0.3 is 0 Å². The molecule has 10 rings (SSSR count). The number of rotatable bonds is 6. The zero-order valence-electron chi connectivity index (χ0n) is 29.2. The van der Waals surface area contributed by atoms with Crippen molar-refractivity contribution in [3.05, 3.63) is 201 Å². The summed E-state index contributed by atoms with van der Waals surface area (Å²) in [5.41, 5.74) is 13.1. The topological polar surface area (TPSA) is 15.3 Å². The molecule has 2 nitrogen and oxygen atoms in total. The Morgan fingerprint density at radius 3 is 1.77 bits per heavy atom. The first-order valence-electron chi connectivity index (χ1n) is 17.8. The van der Waals surface area contributed by atoms with Gasteiger partial charge in [-0.25, -0.2) is 0 Å². The molecule has 3 heteroatoms. The molecule has 1 N–H and O–H groups in total. The van der Waals surface area contributed by atoms with Crippen molar-refractivity contribution >= 4 is 70.7 Å². The van der Waals surface area contributed by atoms with E-state index in [1.807, 2.05) is 11.3 Å². The number of benzene rings is 8. The molecule has 0 spiro atoms. The Balaban J connectivity index is 0.000000888. The highest BCUT2D eigenvalue weighted by atomic mass is 32.1. The Morgan fingerprint density at radius 2 is 1.04 bits per heavy atom. The highest BCUT2D eigenvalue weighted by Gasteiger charge is 2.23. The number of thiophene rings is 1. The van der Waals surface area contributed by atoms with E-state index in [4.69, 9.17) is 0 Å². The van der Waals surface area contributed by atoms with Crippen molar-refractivity contribution in [2.45, 2.75) is 0 Å². The summed E-state index contributed by atoms with van der Waals surface area (Å²) in [5.74, 6) is 0. The molecule has 0 bridgehead atoms. The lowest BCUT2D eigenvalue weighted by Gasteiger charge is -2.26. The molecule has 1 aromatic heterocycles. The van der Waals surface area contributed by atoms with E-state index in [1.165, 1.54) is 75.7 Å². The van der Waals surface area contributed by atoms with E-state index < -0.39 is 0 Å². The zero-order chi connectivity index (χ0) is 35.7. The van der Waals surface area contributed by atoms with Gasteiger partial charge in [-0.15, -0.1) is 11.3 Å². The highest BCUT2D eigenvalue weighted by Crippen LogP contribution is 2.51. The van der Waals surface area contributed by atoms with Crippen LogP contribution in [-0.2, 0) is 0 Å². The van der Waals surface area contributed by atoms with E-state index in [9.17, 15) is 0 Å². The Labute approximate surface area is 314 Å². The Hall–Kier alpha value is -6.68. The number of allylic oxidation sites excluding steroid dienone is 2. The summed E-state index contributed by atoms with van der Waals surface area (Å²) in [6.07, 6.45) is 3.28. The van der Waals surface area contributed by atoms with Crippen molar-refractivity contribution in [3.8, 4) is 33.4 Å². The molecule has 0 saturated carbocycles. The summed E-state index contributed by atoms with van der Waals surface area (Å²) in [4.78, 5) is 2.35. The predicted octanol–water partition coefficient (Wildman–Crippen LogP) is 15.1. The van der Waals surface area contributed by atoms with Crippen LogP contribution in [0.25, 0.3) is 64.3 Å². The Morgan fingerprint density at radius 1 is 0.453 bits per heavy atom. The maximum absolute atomic E-state index is 3.69. The van der Waals surface area contributed by atoms with Gasteiger partial charge in [-0.2, -0.15) is 0 Å². The normalized spacial score (nSPS) is 11.3. The first kappa shape index (κ1) is 32.2. The fourth-order valence-electron chi connectivity index (χ4n) is 7.52. The lowest BCUT2D eigenvalue weighted by atomic mass is 9.89. The molecule has 0 unspecified atom stereocenters. The zero-order valence-corrected chi connectivity index (χ0v) is 30.0. The van der Waals surface area contributed by atoms with Crippen molar-refractivity contribution in [1.82, 2.24) is 0 Å². The van der Waals surface area contributed by atoms with Gasteiger partial charge in [0.25, 0.3) is 0 Å². The van der Waals surface area contributed by atoms with Crippen LogP contribution in [0.4, 0.5) is 28.4 Å². The molecule has 1 aliphatic rings. The third-order valence-electron chi connectivity index (χ3n) is 9.90. The van der Waals surface area contributed by atoms with E-state index in [2.05, 4.69) is 199 Å². The molecule has 0 aliphatic carbocycles. The quantitative estimate of drug-likeness (QED) is 0.174. The van der Waals surface area contributed by atoms with Gasteiger partial charge in [0.05, 0.1) is 0 Å². The van der Waals surface area contributed by atoms with Crippen LogP contribution in [0, 0.1) is 0 Å². The highest BCUT2D eigenvalue weighted by molar-refractivity contribution is 7.26. The van der Waals surface area contributed by atoms with E-state index in [-0.39, 0.29) is 0 Å². The molecule has 0 amide bonds. The maximum Gasteiger partial charge on any atom is 0.0470 e. The molecule has 1 aliphatic heterocycles. The van der Waals surface area contributed by atoms with Gasteiger partial charge in [0, 0.05) is 65.1 Å². The van der Waals surface area contributed by atoms with Gasteiger partial charge in [0.2, 0.25) is 0 Å². The second-order valence-electron chi connectivity index (χ2n) is 13.1. The number of nitrogens with zero attached hydrogens (tertiary/aromatic N) is 1. The van der Waals surface area contributed by atoms with Crippen LogP contribution in [0.5, 0.6) is 0 Å². The molecular weight excluding hydrogens is 661 g/mol. The first-order valence-corrected chi connectivity index (χ1v) is 18.6. The average Bonchev–Trinajstić information content (AvgIpc) is 3.59.